The third kappa shape index (κ3) is 2.46. The number of nitrogens with zero attached hydrogens (tertiary/aromatic N) is 2. The molecule has 3 nitrogen and oxygen atoms in total. The smallest absolute Gasteiger partial charge is 0.0952 e. The van der Waals surface area contributed by atoms with Gasteiger partial charge < -0.3 is 9.88 Å². The van der Waals surface area contributed by atoms with Crippen LogP contribution >= 0.6 is 11.3 Å². The van der Waals surface area contributed by atoms with Gasteiger partial charge in [0.05, 0.1) is 18.6 Å². The van der Waals surface area contributed by atoms with Crippen LogP contribution in [-0.4, -0.2) is 16.6 Å². The van der Waals surface area contributed by atoms with E-state index < -0.39 is 0 Å². The van der Waals surface area contributed by atoms with Crippen molar-refractivity contribution >= 4 is 11.3 Å². The molecule has 0 saturated carbocycles. The maximum absolute atomic E-state index is 4.17. The van der Waals surface area contributed by atoms with Crippen LogP contribution in [0, 0.1) is 6.92 Å². The molecule has 0 amide bonds. The molecule has 1 N–H and O–H groups in total. The molecule has 2 heterocycles. The third-order valence-electron chi connectivity index (χ3n) is 2.28. The summed E-state index contributed by atoms with van der Waals surface area (Å²) in [5.41, 5.74) is 1.23. The highest BCUT2D eigenvalue weighted by molar-refractivity contribution is 7.11. The molecular weight excluding hydrogens is 206 g/mol. The zero-order valence-electron chi connectivity index (χ0n) is 9.03. The molecule has 0 aliphatic rings. The lowest BCUT2D eigenvalue weighted by molar-refractivity contribution is 0.698. The van der Waals surface area contributed by atoms with Crippen LogP contribution in [0.25, 0.3) is 0 Å². The highest BCUT2D eigenvalue weighted by Crippen LogP contribution is 2.16. The second kappa shape index (κ2) is 4.59. The van der Waals surface area contributed by atoms with E-state index in [4.69, 9.17) is 0 Å². The molecule has 0 saturated heterocycles. The lowest BCUT2D eigenvalue weighted by Gasteiger charge is -2.05. The molecule has 0 radical (unpaired) electrons. The summed E-state index contributed by atoms with van der Waals surface area (Å²) >= 11 is 1.84. The van der Waals surface area contributed by atoms with Crippen LogP contribution in [0.4, 0.5) is 0 Å². The molecule has 80 valence electrons. The monoisotopic (exact) mass is 221 g/mol. The van der Waals surface area contributed by atoms with E-state index in [-0.39, 0.29) is 0 Å². The Morgan fingerprint density at radius 2 is 2.33 bits per heavy atom. The molecule has 2 aromatic rings. The second-order valence-electron chi connectivity index (χ2n) is 3.56. The topological polar surface area (TPSA) is 29.9 Å². The van der Waals surface area contributed by atoms with Gasteiger partial charge in [-0.3, -0.25) is 0 Å². The number of thiophene rings is 1. The number of nitrogens with one attached hydrogen (secondary N) is 1. The van der Waals surface area contributed by atoms with Crippen molar-refractivity contribution in [2.75, 3.05) is 7.05 Å². The summed E-state index contributed by atoms with van der Waals surface area (Å²) in [6.45, 7) is 3.93. The van der Waals surface area contributed by atoms with E-state index in [0.717, 1.165) is 13.1 Å². The van der Waals surface area contributed by atoms with E-state index in [1.165, 1.54) is 15.4 Å². The highest BCUT2D eigenvalue weighted by Gasteiger charge is 2.03. The van der Waals surface area contributed by atoms with Crippen molar-refractivity contribution in [3.05, 3.63) is 40.1 Å². The molecule has 0 spiro atoms. The first-order valence-electron chi connectivity index (χ1n) is 4.98. The minimum Gasteiger partial charge on any atom is -0.328 e. The van der Waals surface area contributed by atoms with Gasteiger partial charge in [-0.2, -0.15) is 0 Å². The second-order valence-corrected chi connectivity index (χ2v) is 4.93. The minimum absolute atomic E-state index is 0.865. The van der Waals surface area contributed by atoms with Crippen molar-refractivity contribution in [2.45, 2.75) is 20.0 Å². The number of hydrogen-bond acceptors (Lipinski definition) is 3. The summed E-state index contributed by atoms with van der Waals surface area (Å²) in [7, 11) is 1.95. The van der Waals surface area contributed by atoms with Crippen molar-refractivity contribution in [2.24, 2.45) is 0 Å². The minimum atomic E-state index is 0.865. The van der Waals surface area contributed by atoms with Crippen molar-refractivity contribution in [1.82, 2.24) is 14.9 Å². The molecule has 0 bridgehead atoms. The van der Waals surface area contributed by atoms with E-state index in [0.29, 0.717) is 0 Å². The number of hydrogen-bond donors (Lipinski definition) is 1. The molecule has 2 aromatic heterocycles. The van der Waals surface area contributed by atoms with Gasteiger partial charge in [-0.05, 0) is 26.1 Å². The van der Waals surface area contributed by atoms with Crippen LogP contribution < -0.4 is 5.32 Å². The fourth-order valence-electron chi connectivity index (χ4n) is 1.56. The normalized spacial score (nSPS) is 10.8. The van der Waals surface area contributed by atoms with Crippen LogP contribution in [0.3, 0.4) is 0 Å². The molecule has 0 fully saturated rings. The summed E-state index contributed by atoms with van der Waals surface area (Å²) in [5.74, 6) is 0. The number of aryl methyl sites for hydroxylation is 1. The van der Waals surface area contributed by atoms with Crippen LogP contribution in [0.1, 0.15) is 15.4 Å². The predicted octanol–water partition coefficient (Wildman–Crippen LogP) is 2.02. The average Bonchev–Trinajstić information content (AvgIpc) is 2.78. The van der Waals surface area contributed by atoms with Gasteiger partial charge >= 0.3 is 0 Å². The summed E-state index contributed by atoms with van der Waals surface area (Å²) in [4.78, 5) is 6.91. The lowest BCUT2D eigenvalue weighted by atomic mass is 10.4. The fraction of sp³-hybridized carbons (Fsp3) is 0.364. The van der Waals surface area contributed by atoms with E-state index >= 15 is 0 Å². The van der Waals surface area contributed by atoms with Gasteiger partial charge in [-0.1, -0.05) is 0 Å². The SMILES string of the molecule is CNCc1cncn1Cc1ccc(C)s1. The maximum Gasteiger partial charge on any atom is 0.0952 e. The van der Waals surface area contributed by atoms with Gasteiger partial charge in [0, 0.05) is 22.5 Å². The van der Waals surface area contributed by atoms with E-state index in [2.05, 4.69) is 33.9 Å². The molecule has 0 aliphatic carbocycles. The van der Waals surface area contributed by atoms with Crippen molar-refractivity contribution < 1.29 is 0 Å². The van der Waals surface area contributed by atoms with Gasteiger partial charge in [0.25, 0.3) is 0 Å². The Bertz CT molecular complexity index is 430. The predicted molar refractivity (Wildman–Crippen MR) is 63.1 cm³/mol. The van der Waals surface area contributed by atoms with Gasteiger partial charge in [0.2, 0.25) is 0 Å². The first kappa shape index (κ1) is 10.4. The largest absolute Gasteiger partial charge is 0.328 e. The maximum atomic E-state index is 4.17. The number of imidazole rings is 1. The highest BCUT2D eigenvalue weighted by atomic mass is 32.1. The molecule has 2 rings (SSSR count). The van der Waals surface area contributed by atoms with Crippen LogP contribution in [0.2, 0.25) is 0 Å². The van der Waals surface area contributed by atoms with Gasteiger partial charge in [-0.25, -0.2) is 4.98 Å². The van der Waals surface area contributed by atoms with Crippen molar-refractivity contribution in [3.8, 4) is 0 Å². The quantitative estimate of drug-likeness (QED) is 0.856. The van der Waals surface area contributed by atoms with Crippen molar-refractivity contribution in [3.63, 3.8) is 0 Å². The van der Waals surface area contributed by atoms with E-state index in [9.17, 15) is 0 Å². The zero-order valence-corrected chi connectivity index (χ0v) is 9.84. The van der Waals surface area contributed by atoms with Gasteiger partial charge in [-0.15, -0.1) is 11.3 Å². The van der Waals surface area contributed by atoms with Crippen molar-refractivity contribution in [1.29, 1.82) is 0 Å². The molecule has 0 aromatic carbocycles. The zero-order chi connectivity index (χ0) is 10.7. The standard InChI is InChI=1S/C11H15N3S/c1-9-3-4-11(15-9)7-14-8-13-6-10(14)5-12-2/h3-4,6,8,12H,5,7H2,1-2H3. The van der Waals surface area contributed by atoms with E-state index in [1.54, 1.807) is 0 Å². The Morgan fingerprint density at radius 1 is 1.47 bits per heavy atom. The lowest BCUT2D eigenvalue weighted by Crippen LogP contribution is -2.10. The number of rotatable bonds is 4. The summed E-state index contributed by atoms with van der Waals surface area (Å²) in [5, 5.41) is 3.14. The Kier molecular flexibility index (Phi) is 3.18. The number of aromatic nitrogens is 2. The molecule has 15 heavy (non-hydrogen) atoms. The van der Waals surface area contributed by atoms with E-state index in [1.807, 2.05) is 30.9 Å². The molecule has 0 unspecified atom stereocenters. The van der Waals surface area contributed by atoms with Crippen LogP contribution in [0.5, 0.6) is 0 Å². The Labute approximate surface area is 93.8 Å². The summed E-state index contributed by atoms with van der Waals surface area (Å²) < 4.78 is 2.18. The molecule has 4 heteroatoms. The molecule has 0 aliphatic heterocycles. The summed E-state index contributed by atoms with van der Waals surface area (Å²) in [6.07, 6.45) is 3.80. The fourth-order valence-corrected chi connectivity index (χ4v) is 2.45. The average molecular weight is 221 g/mol. The Balaban J connectivity index is 2.13. The Morgan fingerprint density at radius 3 is 3.00 bits per heavy atom. The first-order valence-corrected chi connectivity index (χ1v) is 5.80. The van der Waals surface area contributed by atoms with Crippen LogP contribution in [-0.2, 0) is 13.1 Å². The molecular formula is C11H15N3S. The molecule has 0 atom stereocenters. The third-order valence-corrected chi connectivity index (χ3v) is 3.26. The van der Waals surface area contributed by atoms with Gasteiger partial charge in [0.1, 0.15) is 0 Å². The van der Waals surface area contributed by atoms with Crippen LogP contribution in [0.15, 0.2) is 24.7 Å². The Hall–Kier alpha value is -1.13. The van der Waals surface area contributed by atoms with Gasteiger partial charge in [0.15, 0.2) is 0 Å². The first-order chi connectivity index (χ1) is 7.29. The summed E-state index contributed by atoms with van der Waals surface area (Å²) in [6, 6.07) is 4.35.